The number of pyridine rings is 1. The second kappa shape index (κ2) is 7.02. The molecule has 1 aromatic heterocycles. The van der Waals surface area contributed by atoms with Crippen molar-refractivity contribution in [2.75, 3.05) is 22.7 Å². The van der Waals surface area contributed by atoms with E-state index in [0.717, 1.165) is 17.1 Å². The van der Waals surface area contributed by atoms with E-state index in [4.69, 9.17) is 9.47 Å². The molecule has 26 heavy (non-hydrogen) atoms. The summed E-state index contributed by atoms with van der Waals surface area (Å²) in [6.07, 6.45) is 1.58. The molecule has 0 aliphatic carbocycles. The van der Waals surface area contributed by atoms with E-state index in [1.165, 1.54) is 0 Å². The van der Waals surface area contributed by atoms with Crippen LogP contribution in [0.3, 0.4) is 0 Å². The molecule has 0 fully saturated rings. The van der Waals surface area contributed by atoms with E-state index in [1.54, 1.807) is 18.3 Å². The van der Waals surface area contributed by atoms with Crippen molar-refractivity contribution in [1.29, 1.82) is 0 Å². The van der Waals surface area contributed by atoms with Crippen LogP contribution in [0.25, 0.3) is 0 Å². The highest BCUT2D eigenvalue weighted by Crippen LogP contribution is 2.34. The van der Waals surface area contributed by atoms with Crippen LogP contribution in [0.2, 0.25) is 0 Å². The average molecular weight is 348 g/mol. The number of carbonyl (C=O) groups excluding carboxylic acids is 1. The molecule has 4 rings (SSSR count). The minimum atomic E-state index is -0.325. The lowest BCUT2D eigenvalue weighted by Gasteiger charge is -2.09. The van der Waals surface area contributed by atoms with Crippen molar-refractivity contribution >= 4 is 28.9 Å². The first-order valence-electron chi connectivity index (χ1n) is 8.02. The first-order chi connectivity index (χ1) is 12.8. The highest BCUT2D eigenvalue weighted by molar-refractivity contribution is 5.99. The third-order valence-corrected chi connectivity index (χ3v) is 3.70. The van der Waals surface area contributed by atoms with Crippen molar-refractivity contribution in [2.45, 2.75) is 0 Å². The lowest BCUT2D eigenvalue weighted by molar-refractivity contribution is 0.174. The predicted molar refractivity (Wildman–Crippen MR) is 99.2 cm³/mol. The molecule has 2 aromatic carbocycles. The van der Waals surface area contributed by atoms with Gasteiger partial charge in [0, 0.05) is 17.4 Å². The maximum Gasteiger partial charge on any atom is 0.323 e. The van der Waals surface area contributed by atoms with E-state index < -0.39 is 0 Å². The Bertz CT molecular complexity index is 914. The summed E-state index contributed by atoms with van der Waals surface area (Å²) in [6.45, 7) is 0.239. The van der Waals surface area contributed by atoms with Gasteiger partial charge in [-0.15, -0.1) is 0 Å². The van der Waals surface area contributed by atoms with Crippen molar-refractivity contribution in [1.82, 2.24) is 4.98 Å². The fraction of sp³-hybridized carbons (Fsp3) is 0.0526. The maximum absolute atomic E-state index is 12.0. The fourth-order valence-corrected chi connectivity index (χ4v) is 2.48. The van der Waals surface area contributed by atoms with Crippen molar-refractivity contribution in [2.24, 2.45) is 0 Å². The molecule has 1 aliphatic heterocycles. The summed E-state index contributed by atoms with van der Waals surface area (Å²) in [5.74, 6) is 2.08. The number of rotatable bonds is 4. The Labute approximate surface area is 150 Å². The van der Waals surface area contributed by atoms with Crippen LogP contribution in [0.5, 0.6) is 11.5 Å². The van der Waals surface area contributed by atoms with Gasteiger partial charge in [-0.1, -0.05) is 18.2 Å². The summed E-state index contributed by atoms with van der Waals surface area (Å²) in [7, 11) is 0. The normalized spacial score (nSPS) is 11.7. The number of urea groups is 1. The number of aromatic nitrogens is 1. The second-order valence-corrected chi connectivity index (χ2v) is 5.57. The number of para-hydroxylation sites is 1. The molecular formula is C19H16N4O3. The van der Waals surface area contributed by atoms with Gasteiger partial charge >= 0.3 is 6.03 Å². The molecule has 0 spiro atoms. The Morgan fingerprint density at radius 2 is 1.62 bits per heavy atom. The molecule has 0 saturated carbocycles. The SMILES string of the molecule is O=C(Nc1ccccc1)Nc1ccc(Nc2ccc3c(c2)OCO3)nc1. The molecule has 0 radical (unpaired) electrons. The molecule has 3 aromatic rings. The number of hydrogen-bond donors (Lipinski definition) is 3. The topological polar surface area (TPSA) is 84.5 Å². The average Bonchev–Trinajstić information content (AvgIpc) is 3.12. The van der Waals surface area contributed by atoms with E-state index in [-0.39, 0.29) is 12.8 Å². The maximum atomic E-state index is 12.0. The molecular weight excluding hydrogens is 332 g/mol. The molecule has 0 atom stereocenters. The van der Waals surface area contributed by atoms with Crippen LogP contribution in [0.4, 0.5) is 27.7 Å². The summed E-state index contributed by atoms with van der Waals surface area (Å²) >= 11 is 0. The van der Waals surface area contributed by atoms with E-state index in [1.807, 2.05) is 48.5 Å². The Morgan fingerprint density at radius 3 is 2.42 bits per heavy atom. The van der Waals surface area contributed by atoms with Crippen LogP contribution < -0.4 is 25.4 Å². The third kappa shape index (κ3) is 3.67. The number of fused-ring (bicyclic) bond motifs is 1. The molecule has 0 unspecified atom stereocenters. The van der Waals surface area contributed by atoms with E-state index in [2.05, 4.69) is 20.9 Å². The Hall–Kier alpha value is -3.74. The Kier molecular flexibility index (Phi) is 4.26. The van der Waals surface area contributed by atoms with Gasteiger partial charge in [0.15, 0.2) is 11.5 Å². The van der Waals surface area contributed by atoms with Crippen molar-refractivity contribution in [3.63, 3.8) is 0 Å². The number of ether oxygens (including phenoxy) is 2. The second-order valence-electron chi connectivity index (χ2n) is 5.57. The van der Waals surface area contributed by atoms with Gasteiger partial charge < -0.3 is 25.4 Å². The van der Waals surface area contributed by atoms with E-state index in [0.29, 0.717) is 17.3 Å². The van der Waals surface area contributed by atoms with Crippen molar-refractivity contribution < 1.29 is 14.3 Å². The molecule has 7 nitrogen and oxygen atoms in total. The van der Waals surface area contributed by atoms with Gasteiger partial charge in [-0.05, 0) is 36.4 Å². The van der Waals surface area contributed by atoms with Gasteiger partial charge in [-0.25, -0.2) is 9.78 Å². The number of anilines is 4. The zero-order valence-corrected chi connectivity index (χ0v) is 13.7. The molecule has 7 heteroatoms. The summed E-state index contributed by atoms with van der Waals surface area (Å²) in [5.41, 5.74) is 2.15. The van der Waals surface area contributed by atoms with Gasteiger partial charge in [-0.2, -0.15) is 0 Å². The van der Waals surface area contributed by atoms with Crippen LogP contribution in [0, 0.1) is 0 Å². The van der Waals surface area contributed by atoms with Crippen LogP contribution in [-0.2, 0) is 0 Å². The van der Waals surface area contributed by atoms with E-state index in [9.17, 15) is 4.79 Å². The first-order valence-corrected chi connectivity index (χ1v) is 8.02. The standard InChI is InChI=1S/C19H16N4O3/c24-19(22-13-4-2-1-3-5-13)23-15-7-9-18(20-11-15)21-14-6-8-16-17(10-14)26-12-25-16/h1-11H,12H2,(H,20,21)(H2,22,23,24). The monoisotopic (exact) mass is 348 g/mol. The zero-order valence-electron chi connectivity index (χ0n) is 13.7. The number of carbonyl (C=O) groups is 1. The number of nitrogens with zero attached hydrogens (tertiary/aromatic N) is 1. The predicted octanol–water partition coefficient (Wildman–Crippen LogP) is 4.20. The van der Waals surface area contributed by atoms with Crippen LogP contribution in [0.15, 0.2) is 66.9 Å². The minimum absolute atomic E-state index is 0.239. The van der Waals surface area contributed by atoms with Gasteiger partial charge in [0.05, 0.1) is 11.9 Å². The quantitative estimate of drug-likeness (QED) is 0.658. The van der Waals surface area contributed by atoms with Crippen molar-refractivity contribution in [3.8, 4) is 11.5 Å². The lowest BCUT2D eigenvalue weighted by Crippen LogP contribution is -2.19. The Balaban J connectivity index is 1.36. The molecule has 2 amide bonds. The number of hydrogen-bond acceptors (Lipinski definition) is 5. The largest absolute Gasteiger partial charge is 0.454 e. The molecule has 0 saturated heterocycles. The molecule has 3 N–H and O–H groups in total. The highest BCUT2D eigenvalue weighted by atomic mass is 16.7. The third-order valence-electron chi connectivity index (χ3n) is 3.70. The number of amides is 2. The molecule has 130 valence electrons. The van der Waals surface area contributed by atoms with Crippen LogP contribution in [0.1, 0.15) is 0 Å². The molecule has 1 aliphatic rings. The van der Waals surface area contributed by atoms with Crippen LogP contribution >= 0.6 is 0 Å². The van der Waals surface area contributed by atoms with Crippen molar-refractivity contribution in [3.05, 3.63) is 66.9 Å². The summed E-state index contributed by atoms with van der Waals surface area (Å²) < 4.78 is 10.6. The van der Waals surface area contributed by atoms with Gasteiger partial charge in [0.2, 0.25) is 6.79 Å². The summed E-state index contributed by atoms with van der Waals surface area (Å²) in [5, 5.41) is 8.67. The van der Waals surface area contributed by atoms with Gasteiger partial charge in [0.1, 0.15) is 5.82 Å². The van der Waals surface area contributed by atoms with Gasteiger partial charge in [0.25, 0.3) is 0 Å². The fourth-order valence-electron chi connectivity index (χ4n) is 2.48. The van der Waals surface area contributed by atoms with Gasteiger partial charge in [-0.3, -0.25) is 0 Å². The zero-order chi connectivity index (χ0) is 17.8. The van der Waals surface area contributed by atoms with E-state index >= 15 is 0 Å². The molecule has 0 bridgehead atoms. The number of benzene rings is 2. The smallest absolute Gasteiger partial charge is 0.323 e. The lowest BCUT2D eigenvalue weighted by atomic mass is 10.2. The number of nitrogens with one attached hydrogen (secondary N) is 3. The molecule has 2 heterocycles. The summed E-state index contributed by atoms with van der Waals surface area (Å²) in [6, 6.07) is 18.0. The highest BCUT2D eigenvalue weighted by Gasteiger charge is 2.13. The first kappa shape index (κ1) is 15.8. The Morgan fingerprint density at radius 1 is 0.846 bits per heavy atom. The summed E-state index contributed by atoms with van der Waals surface area (Å²) in [4.78, 5) is 16.3. The minimum Gasteiger partial charge on any atom is -0.454 e. The van der Waals surface area contributed by atoms with Crippen LogP contribution in [-0.4, -0.2) is 17.8 Å².